The van der Waals surface area contributed by atoms with Gasteiger partial charge in [0.15, 0.2) is 0 Å². The summed E-state index contributed by atoms with van der Waals surface area (Å²) >= 11 is 6.11. The fourth-order valence-corrected chi connectivity index (χ4v) is 4.10. The minimum Gasteiger partial charge on any atom is -0.354 e. The van der Waals surface area contributed by atoms with Crippen LogP contribution in [-0.4, -0.2) is 49.6 Å². The highest BCUT2D eigenvalue weighted by molar-refractivity contribution is 6.31. The number of hydrogen-bond acceptors (Lipinski definition) is 3. The van der Waals surface area contributed by atoms with E-state index in [-0.39, 0.29) is 30.2 Å². The van der Waals surface area contributed by atoms with Crippen molar-refractivity contribution in [1.29, 1.82) is 0 Å². The van der Waals surface area contributed by atoms with Crippen molar-refractivity contribution in [2.24, 2.45) is 5.92 Å². The summed E-state index contributed by atoms with van der Waals surface area (Å²) in [7, 11) is 0. The van der Waals surface area contributed by atoms with Crippen molar-refractivity contribution in [2.75, 3.05) is 32.7 Å². The predicted molar refractivity (Wildman–Crippen MR) is 106 cm³/mol. The van der Waals surface area contributed by atoms with Crippen LogP contribution in [0.15, 0.2) is 18.2 Å². The summed E-state index contributed by atoms with van der Waals surface area (Å²) in [5.41, 5.74) is 0.604. The van der Waals surface area contributed by atoms with Gasteiger partial charge >= 0.3 is 0 Å². The molecule has 0 saturated carbocycles. The van der Waals surface area contributed by atoms with E-state index in [9.17, 15) is 9.18 Å². The van der Waals surface area contributed by atoms with Gasteiger partial charge in [-0.25, -0.2) is 4.39 Å². The average molecular weight is 404 g/mol. The Kier molecular flexibility index (Phi) is 8.61. The minimum absolute atomic E-state index is 0. The molecule has 146 valence electrons. The van der Waals surface area contributed by atoms with Crippen LogP contribution >= 0.6 is 24.0 Å². The molecule has 2 aliphatic heterocycles. The molecule has 0 aromatic heterocycles. The van der Waals surface area contributed by atoms with Crippen LogP contribution in [0.5, 0.6) is 0 Å². The van der Waals surface area contributed by atoms with Gasteiger partial charge in [-0.2, -0.15) is 0 Å². The Labute approximate surface area is 166 Å². The first-order chi connectivity index (χ1) is 12.1. The van der Waals surface area contributed by atoms with Crippen molar-refractivity contribution in [3.05, 3.63) is 34.6 Å². The van der Waals surface area contributed by atoms with Crippen LogP contribution in [0.2, 0.25) is 5.02 Å². The molecule has 0 bridgehead atoms. The molecule has 2 atom stereocenters. The Hall–Kier alpha value is -0.880. The van der Waals surface area contributed by atoms with E-state index in [1.54, 1.807) is 12.1 Å². The molecule has 0 aliphatic carbocycles. The van der Waals surface area contributed by atoms with Crippen LogP contribution < -0.4 is 10.6 Å². The van der Waals surface area contributed by atoms with Crippen molar-refractivity contribution in [1.82, 2.24) is 15.5 Å². The van der Waals surface area contributed by atoms with Crippen LogP contribution in [0.1, 0.15) is 31.2 Å². The molecule has 7 heteroatoms. The molecule has 2 saturated heterocycles. The summed E-state index contributed by atoms with van der Waals surface area (Å²) in [5.74, 6) is 0.375. The standard InChI is InChI=1S/C19H27ClFN3O.ClH/c20-16-5-1-6-17(21)15(16)8-11-24-10-3-4-14(13-24)12-23-19(25)18-7-2-9-22-18;/h1,5-6,14,18,22H,2-4,7-13H2,(H,23,25);1H. The number of carbonyl (C=O) groups excluding carboxylic acids is 1. The van der Waals surface area contributed by atoms with Gasteiger partial charge in [-0.3, -0.25) is 4.79 Å². The molecule has 4 nitrogen and oxygen atoms in total. The third kappa shape index (κ3) is 5.81. The zero-order valence-corrected chi connectivity index (χ0v) is 16.5. The van der Waals surface area contributed by atoms with Gasteiger partial charge in [0.1, 0.15) is 5.82 Å². The summed E-state index contributed by atoms with van der Waals surface area (Å²) in [6.45, 7) is 4.45. The van der Waals surface area contributed by atoms with Crippen LogP contribution in [0.4, 0.5) is 4.39 Å². The van der Waals surface area contributed by atoms with Crippen molar-refractivity contribution < 1.29 is 9.18 Å². The number of nitrogens with one attached hydrogen (secondary N) is 2. The van der Waals surface area contributed by atoms with Gasteiger partial charge in [-0.1, -0.05) is 17.7 Å². The van der Waals surface area contributed by atoms with Crippen LogP contribution in [0.25, 0.3) is 0 Å². The molecule has 0 spiro atoms. The summed E-state index contributed by atoms with van der Waals surface area (Å²) in [6.07, 6.45) is 4.89. The molecular weight excluding hydrogens is 376 g/mol. The molecular formula is C19H28Cl2FN3O. The number of benzene rings is 1. The molecule has 2 heterocycles. The van der Waals surface area contributed by atoms with Gasteiger partial charge in [0.05, 0.1) is 6.04 Å². The van der Waals surface area contributed by atoms with Crippen molar-refractivity contribution in [3.8, 4) is 0 Å². The van der Waals surface area contributed by atoms with Gasteiger partial charge in [-0.15, -0.1) is 12.4 Å². The zero-order valence-electron chi connectivity index (χ0n) is 15.0. The van der Waals surface area contributed by atoms with E-state index in [2.05, 4.69) is 15.5 Å². The lowest BCUT2D eigenvalue weighted by molar-refractivity contribution is -0.123. The predicted octanol–water partition coefficient (Wildman–Crippen LogP) is 3.02. The van der Waals surface area contributed by atoms with Crippen molar-refractivity contribution in [2.45, 2.75) is 38.1 Å². The van der Waals surface area contributed by atoms with Crippen molar-refractivity contribution >= 4 is 29.9 Å². The minimum atomic E-state index is -0.225. The van der Waals surface area contributed by atoms with Crippen LogP contribution in [0, 0.1) is 11.7 Å². The van der Waals surface area contributed by atoms with Gasteiger partial charge in [0.2, 0.25) is 5.91 Å². The van der Waals surface area contributed by atoms with Gasteiger partial charge < -0.3 is 15.5 Å². The second-order valence-corrected chi connectivity index (χ2v) is 7.56. The van der Waals surface area contributed by atoms with Gasteiger partial charge in [0, 0.05) is 30.2 Å². The number of piperidine rings is 1. The molecule has 1 amide bonds. The Morgan fingerprint density at radius 2 is 2.19 bits per heavy atom. The monoisotopic (exact) mass is 403 g/mol. The first-order valence-corrected chi connectivity index (χ1v) is 9.67. The highest BCUT2D eigenvalue weighted by atomic mass is 35.5. The normalized spacial score (nSPS) is 23.5. The number of halogens is 3. The zero-order chi connectivity index (χ0) is 17.6. The lowest BCUT2D eigenvalue weighted by atomic mass is 9.97. The summed E-state index contributed by atoms with van der Waals surface area (Å²) in [5, 5.41) is 6.83. The van der Waals surface area contributed by atoms with Crippen molar-refractivity contribution in [3.63, 3.8) is 0 Å². The summed E-state index contributed by atoms with van der Waals surface area (Å²) in [4.78, 5) is 14.5. The Bertz CT molecular complexity index is 576. The average Bonchev–Trinajstić information content (AvgIpc) is 3.14. The van der Waals surface area contributed by atoms with Gasteiger partial charge in [0.25, 0.3) is 0 Å². The first-order valence-electron chi connectivity index (χ1n) is 9.30. The topological polar surface area (TPSA) is 44.4 Å². The van der Waals surface area contributed by atoms with E-state index in [0.717, 1.165) is 58.4 Å². The quantitative estimate of drug-likeness (QED) is 0.766. The smallest absolute Gasteiger partial charge is 0.237 e. The summed E-state index contributed by atoms with van der Waals surface area (Å²) < 4.78 is 13.9. The number of likely N-dealkylation sites (tertiary alicyclic amines) is 1. The second-order valence-electron chi connectivity index (χ2n) is 7.15. The molecule has 2 unspecified atom stereocenters. The fraction of sp³-hybridized carbons (Fsp3) is 0.632. The molecule has 26 heavy (non-hydrogen) atoms. The van der Waals surface area contributed by atoms with E-state index < -0.39 is 0 Å². The maximum Gasteiger partial charge on any atom is 0.237 e. The first kappa shape index (κ1) is 21.4. The summed E-state index contributed by atoms with van der Waals surface area (Å²) in [6, 6.07) is 4.83. The molecule has 0 radical (unpaired) electrons. The van der Waals surface area contributed by atoms with E-state index in [4.69, 9.17) is 11.6 Å². The Morgan fingerprint density at radius 1 is 1.35 bits per heavy atom. The lowest BCUT2D eigenvalue weighted by Crippen LogP contribution is -2.45. The second kappa shape index (κ2) is 10.5. The van der Waals surface area contributed by atoms with Crippen LogP contribution in [-0.2, 0) is 11.2 Å². The molecule has 2 fully saturated rings. The van der Waals surface area contributed by atoms with E-state index in [1.165, 1.54) is 6.07 Å². The Balaban J connectivity index is 0.00000243. The fourth-order valence-electron chi connectivity index (χ4n) is 3.84. The largest absolute Gasteiger partial charge is 0.354 e. The Morgan fingerprint density at radius 3 is 2.92 bits per heavy atom. The highest BCUT2D eigenvalue weighted by Gasteiger charge is 2.24. The maximum absolute atomic E-state index is 13.9. The third-order valence-electron chi connectivity index (χ3n) is 5.28. The highest BCUT2D eigenvalue weighted by Crippen LogP contribution is 2.21. The number of amides is 1. The SMILES string of the molecule is Cl.O=C(NCC1CCCN(CCc2c(F)cccc2Cl)C1)C1CCCN1. The molecule has 2 N–H and O–H groups in total. The van der Waals surface area contributed by atoms with E-state index in [0.29, 0.717) is 22.9 Å². The van der Waals surface area contributed by atoms with E-state index >= 15 is 0 Å². The molecule has 2 aliphatic rings. The number of nitrogens with zero attached hydrogens (tertiary/aromatic N) is 1. The maximum atomic E-state index is 13.9. The van der Waals surface area contributed by atoms with Crippen LogP contribution in [0.3, 0.4) is 0 Å². The third-order valence-corrected chi connectivity index (χ3v) is 5.64. The number of carbonyl (C=O) groups is 1. The lowest BCUT2D eigenvalue weighted by Gasteiger charge is -2.33. The van der Waals surface area contributed by atoms with E-state index in [1.807, 2.05) is 0 Å². The molecule has 1 aromatic rings. The number of rotatable bonds is 6. The van der Waals surface area contributed by atoms with Gasteiger partial charge in [-0.05, 0) is 63.2 Å². The molecule has 1 aromatic carbocycles. The number of hydrogen-bond donors (Lipinski definition) is 2. The molecule has 3 rings (SSSR count).